The molecule has 1 aromatic rings. The van der Waals surface area contributed by atoms with Crippen LogP contribution in [0.3, 0.4) is 0 Å². The summed E-state index contributed by atoms with van der Waals surface area (Å²) in [5, 5.41) is 8.71. The Labute approximate surface area is 127 Å². The second-order valence-electron chi connectivity index (χ2n) is 4.86. The number of nitrogens with one attached hydrogen (secondary N) is 1. The summed E-state index contributed by atoms with van der Waals surface area (Å²) in [6.45, 7) is 9.41. The lowest BCUT2D eigenvalue weighted by Gasteiger charge is -2.17. The van der Waals surface area contributed by atoms with Gasteiger partial charge in [0.05, 0.1) is 23.0 Å². The summed E-state index contributed by atoms with van der Waals surface area (Å²) in [5.41, 5.74) is 2.11. The van der Waals surface area contributed by atoms with Crippen molar-refractivity contribution < 1.29 is 4.74 Å². The van der Waals surface area contributed by atoms with Crippen molar-refractivity contribution in [3.05, 3.63) is 16.4 Å². The van der Waals surface area contributed by atoms with Crippen LogP contribution in [0.15, 0.2) is 0 Å². The Morgan fingerprint density at radius 3 is 2.70 bits per heavy atom. The van der Waals surface area contributed by atoms with Crippen molar-refractivity contribution in [2.24, 2.45) is 0 Å². The summed E-state index contributed by atoms with van der Waals surface area (Å²) in [4.78, 5) is 2.26. The molecule has 0 radical (unpaired) electrons. The van der Waals surface area contributed by atoms with E-state index in [1.54, 1.807) is 7.11 Å². The summed E-state index contributed by atoms with van der Waals surface area (Å²) in [7, 11) is 3.82. The van der Waals surface area contributed by atoms with E-state index < -0.39 is 0 Å². The molecule has 0 unspecified atom stereocenters. The number of rotatable bonds is 10. The Balaban J connectivity index is 2.48. The molecule has 5 nitrogen and oxygen atoms in total. The van der Waals surface area contributed by atoms with Crippen LogP contribution in [0.5, 0.6) is 0 Å². The van der Waals surface area contributed by atoms with Crippen LogP contribution < -0.4 is 5.32 Å². The molecule has 1 N–H and O–H groups in total. The van der Waals surface area contributed by atoms with Crippen LogP contribution in [0.4, 0.5) is 0 Å². The molecular weight excluding hydrogens is 276 g/mol. The number of aryl methyl sites for hydroxylation is 2. The number of hydrogen-bond donors (Lipinski definition) is 1. The lowest BCUT2D eigenvalue weighted by molar-refractivity contribution is 0.197. The molecule has 0 fully saturated rings. The Kier molecular flexibility index (Phi) is 8.14. The van der Waals surface area contributed by atoms with Crippen molar-refractivity contribution in [1.82, 2.24) is 20.0 Å². The molecule has 1 rings (SSSR count). The van der Waals surface area contributed by atoms with Crippen molar-refractivity contribution in [2.75, 3.05) is 40.4 Å². The molecule has 0 atom stereocenters. The zero-order valence-corrected chi connectivity index (χ0v) is 13.8. The van der Waals surface area contributed by atoms with Gasteiger partial charge in [0.25, 0.3) is 0 Å². The Bertz CT molecular complexity index is 395. The van der Waals surface area contributed by atoms with Gasteiger partial charge in [-0.25, -0.2) is 0 Å². The maximum atomic E-state index is 6.41. The summed E-state index contributed by atoms with van der Waals surface area (Å²) < 4.78 is 7.01. The van der Waals surface area contributed by atoms with E-state index in [-0.39, 0.29) is 0 Å². The van der Waals surface area contributed by atoms with E-state index in [0.717, 1.165) is 62.2 Å². The average Bonchev–Trinajstić information content (AvgIpc) is 2.75. The molecule has 0 aliphatic carbocycles. The molecule has 0 aliphatic rings. The van der Waals surface area contributed by atoms with Crippen LogP contribution in [0.2, 0.25) is 5.02 Å². The van der Waals surface area contributed by atoms with Crippen molar-refractivity contribution >= 4 is 11.6 Å². The molecule has 0 aliphatic heterocycles. The van der Waals surface area contributed by atoms with Gasteiger partial charge in [0.1, 0.15) is 0 Å². The van der Waals surface area contributed by atoms with Crippen molar-refractivity contribution in [3.63, 3.8) is 0 Å². The molecule has 6 heteroatoms. The van der Waals surface area contributed by atoms with E-state index in [2.05, 4.69) is 36.2 Å². The predicted octanol–water partition coefficient (Wildman–Crippen LogP) is 1.79. The van der Waals surface area contributed by atoms with Gasteiger partial charge in [-0.15, -0.1) is 0 Å². The fraction of sp³-hybridized carbons (Fsp3) is 0.786. The first-order valence-electron chi connectivity index (χ1n) is 7.26. The molecular formula is C14H27ClN4O. The third kappa shape index (κ3) is 5.05. The topological polar surface area (TPSA) is 42.3 Å². The van der Waals surface area contributed by atoms with Gasteiger partial charge in [-0.3, -0.25) is 9.58 Å². The minimum absolute atomic E-state index is 0.748. The van der Waals surface area contributed by atoms with E-state index in [1.165, 1.54) is 0 Å². The number of hydrogen-bond acceptors (Lipinski definition) is 4. The maximum absolute atomic E-state index is 6.41. The first-order valence-corrected chi connectivity index (χ1v) is 7.64. The minimum Gasteiger partial charge on any atom is -0.383 e. The second-order valence-corrected chi connectivity index (χ2v) is 5.24. The normalized spacial score (nSPS) is 11.5. The predicted molar refractivity (Wildman–Crippen MR) is 83.4 cm³/mol. The standard InChI is InChI=1S/C14H27ClN4O/c1-5-12-14(15)13(19(6-2)17-12)11-18(3)9-7-16-8-10-20-4/h16H,5-11H2,1-4H3. The molecule has 1 heterocycles. The third-order valence-electron chi connectivity index (χ3n) is 3.27. The van der Waals surface area contributed by atoms with Crippen molar-refractivity contribution in [1.29, 1.82) is 0 Å². The highest BCUT2D eigenvalue weighted by Crippen LogP contribution is 2.22. The molecule has 1 aromatic heterocycles. The zero-order valence-electron chi connectivity index (χ0n) is 13.1. The van der Waals surface area contributed by atoms with Crippen LogP contribution in [0.25, 0.3) is 0 Å². The van der Waals surface area contributed by atoms with Gasteiger partial charge in [0, 0.05) is 39.8 Å². The number of likely N-dealkylation sites (N-methyl/N-ethyl adjacent to an activating group) is 1. The lowest BCUT2D eigenvalue weighted by atomic mass is 10.3. The van der Waals surface area contributed by atoms with Gasteiger partial charge in [-0.1, -0.05) is 18.5 Å². The van der Waals surface area contributed by atoms with Gasteiger partial charge in [-0.05, 0) is 20.4 Å². The highest BCUT2D eigenvalue weighted by molar-refractivity contribution is 6.31. The summed E-state index contributed by atoms with van der Waals surface area (Å²) in [6, 6.07) is 0. The highest BCUT2D eigenvalue weighted by atomic mass is 35.5. The fourth-order valence-corrected chi connectivity index (χ4v) is 2.40. The summed E-state index contributed by atoms with van der Waals surface area (Å²) in [5.74, 6) is 0. The van der Waals surface area contributed by atoms with Gasteiger partial charge in [0.15, 0.2) is 0 Å². The van der Waals surface area contributed by atoms with Crippen LogP contribution >= 0.6 is 11.6 Å². The van der Waals surface area contributed by atoms with Crippen LogP contribution in [0, 0.1) is 0 Å². The first kappa shape index (κ1) is 17.4. The van der Waals surface area contributed by atoms with Crippen molar-refractivity contribution in [2.45, 2.75) is 33.4 Å². The van der Waals surface area contributed by atoms with Gasteiger partial charge in [-0.2, -0.15) is 5.10 Å². The first-order chi connectivity index (χ1) is 9.63. The Morgan fingerprint density at radius 2 is 2.10 bits per heavy atom. The Hall–Kier alpha value is -0.620. The monoisotopic (exact) mass is 302 g/mol. The van der Waals surface area contributed by atoms with E-state index in [0.29, 0.717) is 0 Å². The second kappa shape index (κ2) is 9.34. The lowest BCUT2D eigenvalue weighted by Crippen LogP contribution is -2.31. The number of halogens is 1. The van der Waals surface area contributed by atoms with E-state index in [1.807, 2.05) is 4.68 Å². The smallest absolute Gasteiger partial charge is 0.0863 e. The largest absolute Gasteiger partial charge is 0.383 e. The summed E-state index contributed by atoms with van der Waals surface area (Å²) >= 11 is 6.41. The number of ether oxygens (including phenoxy) is 1. The van der Waals surface area contributed by atoms with Crippen LogP contribution in [0.1, 0.15) is 25.2 Å². The quantitative estimate of drug-likeness (QED) is 0.669. The van der Waals surface area contributed by atoms with Gasteiger partial charge >= 0.3 is 0 Å². The third-order valence-corrected chi connectivity index (χ3v) is 3.70. The SMILES string of the molecule is CCc1nn(CC)c(CN(C)CCNCCOC)c1Cl. The number of methoxy groups -OCH3 is 1. The molecule has 116 valence electrons. The summed E-state index contributed by atoms with van der Waals surface area (Å²) in [6.07, 6.45) is 0.876. The molecule has 20 heavy (non-hydrogen) atoms. The molecule has 0 saturated carbocycles. The number of nitrogens with zero attached hydrogens (tertiary/aromatic N) is 3. The van der Waals surface area contributed by atoms with Crippen LogP contribution in [-0.2, 0) is 24.2 Å². The maximum Gasteiger partial charge on any atom is 0.0863 e. The van der Waals surface area contributed by atoms with Crippen molar-refractivity contribution in [3.8, 4) is 0 Å². The fourth-order valence-electron chi connectivity index (χ4n) is 2.07. The van der Waals surface area contributed by atoms with E-state index >= 15 is 0 Å². The van der Waals surface area contributed by atoms with Gasteiger partial charge < -0.3 is 10.1 Å². The molecule has 0 aromatic carbocycles. The van der Waals surface area contributed by atoms with E-state index in [9.17, 15) is 0 Å². The minimum atomic E-state index is 0.748. The molecule has 0 spiro atoms. The van der Waals surface area contributed by atoms with Crippen LogP contribution in [-0.4, -0.2) is 55.1 Å². The average molecular weight is 303 g/mol. The highest BCUT2D eigenvalue weighted by Gasteiger charge is 2.15. The molecule has 0 amide bonds. The molecule has 0 saturated heterocycles. The van der Waals surface area contributed by atoms with Gasteiger partial charge in [0.2, 0.25) is 0 Å². The zero-order chi connectivity index (χ0) is 15.0. The number of aromatic nitrogens is 2. The van der Waals surface area contributed by atoms with E-state index in [4.69, 9.17) is 16.3 Å². The Morgan fingerprint density at radius 1 is 1.35 bits per heavy atom. The molecule has 0 bridgehead atoms.